The Morgan fingerprint density at radius 2 is 1.90 bits per heavy atom. The van der Waals surface area contributed by atoms with E-state index in [0.717, 1.165) is 11.1 Å². The van der Waals surface area contributed by atoms with Crippen molar-refractivity contribution in [3.8, 4) is 17.6 Å². The van der Waals surface area contributed by atoms with Crippen LogP contribution in [-0.4, -0.2) is 50.1 Å². The van der Waals surface area contributed by atoms with E-state index in [9.17, 15) is 14.9 Å². The van der Waals surface area contributed by atoms with Crippen LogP contribution in [0.4, 0.5) is 0 Å². The third kappa shape index (κ3) is 5.76. The number of nitrogens with one attached hydrogen (secondary N) is 1. The Balaban J connectivity index is 1.53. The molecule has 162 valence electrons. The smallest absolute Gasteiger partial charge is 0.226 e. The zero-order valence-corrected chi connectivity index (χ0v) is 17.8. The van der Waals surface area contributed by atoms with Crippen LogP contribution in [0.1, 0.15) is 17.5 Å². The van der Waals surface area contributed by atoms with Crippen molar-refractivity contribution in [2.45, 2.75) is 25.3 Å². The summed E-state index contributed by atoms with van der Waals surface area (Å²) in [6.07, 6.45) is 1.25. The fourth-order valence-corrected chi connectivity index (χ4v) is 3.73. The Bertz CT molecular complexity index is 955. The number of amides is 2. The number of ether oxygens (including phenoxy) is 2. The van der Waals surface area contributed by atoms with Crippen molar-refractivity contribution in [2.24, 2.45) is 5.92 Å². The first-order chi connectivity index (χ1) is 15.0. The summed E-state index contributed by atoms with van der Waals surface area (Å²) >= 11 is 0. The lowest BCUT2D eigenvalue weighted by atomic mass is 10.0. The molecule has 1 N–H and O–H groups in total. The molecule has 0 spiro atoms. The van der Waals surface area contributed by atoms with Gasteiger partial charge in [-0.25, -0.2) is 0 Å². The second-order valence-corrected chi connectivity index (χ2v) is 7.56. The molecule has 2 amide bonds. The van der Waals surface area contributed by atoms with Gasteiger partial charge in [0, 0.05) is 25.9 Å². The molecule has 1 aliphatic rings. The average Bonchev–Trinajstić information content (AvgIpc) is 3.18. The summed E-state index contributed by atoms with van der Waals surface area (Å²) in [4.78, 5) is 26.8. The van der Waals surface area contributed by atoms with E-state index in [-0.39, 0.29) is 18.2 Å². The molecule has 0 saturated carbocycles. The van der Waals surface area contributed by atoms with E-state index in [1.165, 1.54) is 0 Å². The van der Waals surface area contributed by atoms with Crippen molar-refractivity contribution in [3.05, 3.63) is 59.7 Å². The number of nitriles is 1. The zero-order valence-electron chi connectivity index (χ0n) is 17.8. The van der Waals surface area contributed by atoms with Gasteiger partial charge in [0.25, 0.3) is 0 Å². The largest absolute Gasteiger partial charge is 0.493 e. The first-order valence-corrected chi connectivity index (χ1v) is 10.3. The van der Waals surface area contributed by atoms with Gasteiger partial charge in [-0.1, -0.05) is 36.4 Å². The van der Waals surface area contributed by atoms with Gasteiger partial charge in [0.2, 0.25) is 11.8 Å². The number of rotatable bonds is 9. The summed E-state index contributed by atoms with van der Waals surface area (Å²) in [6, 6.07) is 16.7. The minimum atomic E-state index is -0.620. The van der Waals surface area contributed by atoms with Crippen molar-refractivity contribution < 1.29 is 19.1 Å². The highest BCUT2D eigenvalue weighted by Crippen LogP contribution is 2.28. The fourth-order valence-electron chi connectivity index (χ4n) is 3.73. The monoisotopic (exact) mass is 421 g/mol. The van der Waals surface area contributed by atoms with Crippen LogP contribution >= 0.6 is 0 Å². The van der Waals surface area contributed by atoms with Gasteiger partial charge in [0.05, 0.1) is 26.2 Å². The molecule has 2 atom stereocenters. The Kier molecular flexibility index (Phi) is 7.50. The number of carbonyl (C=O) groups is 2. The summed E-state index contributed by atoms with van der Waals surface area (Å²) in [5.41, 5.74) is 2.00. The number of hydrogen-bond acceptors (Lipinski definition) is 5. The molecule has 7 nitrogen and oxygen atoms in total. The van der Waals surface area contributed by atoms with Gasteiger partial charge >= 0.3 is 0 Å². The Morgan fingerprint density at radius 3 is 2.58 bits per heavy atom. The Morgan fingerprint density at radius 1 is 1.16 bits per heavy atom. The van der Waals surface area contributed by atoms with E-state index in [2.05, 4.69) is 11.4 Å². The number of benzene rings is 2. The van der Waals surface area contributed by atoms with Gasteiger partial charge in [0.1, 0.15) is 6.04 Å². The highest BCUT2D eigenvalue weighted by Gasteiger charge is 2.34. The molecule has 2 aromatic carbocycles. The summed E-state index contributed by atoms with van der Waals surface area (Å²) in [5, 5.41) is 12.2. The van der Waals surface area contributed by atoms with E-state index in [1.54, 1.807) is 19.1 Å². The quantitative estimate of drug-likeness (QED) is 0.671. The number of hydrogen-bond donors (Lipinski definition) is 1. The summed E-state index contributed by atoms with van der Waals surface area (Å²) in [6.45, 7) is 0.880. The van der Waals surface area contributed by atoms with E-state index in [4.69, 9.17) is 9.47 Å². The number of nitrogens with zero attached hydrogens (tertiary/aromatic N) is 2. The molecule has 1 saturated heterocycles. The summed E-state index contributed by atoms with van der Waals surface area (Å²) in [5.74, 6) is 0.569. The molecule has 2 aromatic rings. The number of carbonyl (C=O) groups excluding carboxylic acids is 2. The summed E-state index contributed by atoms with van der Waals surface area (Å²) < 4.78 is 10.6. The van der Waals surface area contributed by atoms with Crippen LogP contribution in [0.5, 0.6) is 11.5 Å². The third-order valence-electron chi connectivity index (χ3n) is 5.46. The van der Waals surface area contributed by atoms with Crippen molar-refractivity contribution >= 4 is 11.8 Å². The molecule has 7 heteroatoms. The van der Waals surface area contributed by atoms with Gasteiger partial charge < -0.3 is 19.7 Å². The standard InChI is InChI=1S/C24H27N3O4/c1-30-21-9-8-18(13-22(21)31-2)10-11-27-16-19(14-23(27)28)24(29)26-20(15-25)12-17-6-4-3-5-7-17/h3-9,13,19-20H,10-12,14,16H2,1-2H3,(H,26,29)/t19-,20+/m0/s1. The van der Waals surface area contributed by atoms with Crippen LogP contribution < -0.4 is 14.8 Å². The molecular weight excluding hydrogens is 394 g/mol. The molecule has 1 fully saturated rings. The maximum atomic E-state index is 12.7. The van der Waals surface area contributed by atoms with E-state index in [1.807, 2.05) is 48.5 Å². The van der Waals surface area contributed by atoms with Gasteiger partial charge in [-0.2, -0.15) is 5.26 Å². The van der Waals surface area contributed by atoms with Crippen molar-refractivity contribution in [3.63, 3.8) is 0 Å². The maximum Gasteiger partial charge on any atom is 0.226 e. The molecule has 1 heterocycles. The Hall–Kier alpha value is -3.53. The average molecular weight is 421 g/mol. The van der Waals surface area contributed by atoms with Crippen LogP contribution in [0.2, 0.25) is 0 Å². The molecule has 0 radical (unpaired) electrons. The molecule has 31 heavy (non-hydrogen) atoms. The molecule has 0 aliphatic carbocycles. The normalized spacial score (nSPS) is 16.5. The van der Waals surface area contributed by atoms with Gasteiger partial charge in [-0.3, -0.25) is 9.59 Å². The Labute approximate surface area is 182 Å². The van der Waals surface area contributed by atoms with Crippen molar-refractivity contribution in [2.75, 3.05) is 27.3 Å². The van der Waals surface area contributed by atoms with Crippen molar-refractivity contribution in [1.82, 2.24) is 10.2 Å². The minimum Gasteiger partial charge on any atom is -0.493 e. The zero-order chi connectivity index (χ0) is 22.2. The van der Waals surface area contributed by atoms with E-state index >= 15 is 0 Å². The highest BCUT2D eigenvalue weighted by molar-refractivity contribution is 5.89. The molecule has 1 aliphatic heterocycles. The topological polar surface area (TPSA) is 91.7 Å². The van der Waals surface area contributed by atoms with Crippen LogP contribution in [0, 0.1) is 17.2 Å². The predicted octanol–water partition coefficient (Wildman–Crippen LogP) is 2.35. The van der Waals surface area contributed by atoms with Crippen LogP contribution in [0.15, 0.2) is 48.5 Å². The second-order valence-electron chi connectivity index (χ2n) is 7.56. The predicted molar refractivity (Wildman–Crippen MR) is 116 cm³/mol. The van der Waals surface area contributed by atoms with Gasteiger partial charge in [-0.15, -0.1) is 0 Å². The minimum absolute atomic E-state index is 0.0443. The third-order valence-corrected chi connectivity index (χ3v) is 5.46. The molecule has 0 aromatic heterocycles. The van der Waals surface area contributed by atoms with Crippen molar-refractivity contribution in [1.29, 1.82) is 5.26 Å². The maximum absolute atomic E-state index is 12.7. The lowest BCUT2D eigenvalue weighted by Crippen LogP contribution is -2.40. The molecular formula is C24H27N3O4. The van der Waals surface area contributed by atoms with Gasteiger partial charge in [-0.05, 0) is 29.7 Å². The molecule has 3 rings (SSSR count). The van der Waals surface area contributed by atoms with Crippen LogP contribution in [0.25, 0.3) is 0 Å². The number of likely N-dealkylation sites (tertiary alicyclic amines) is 1. The second kappa shape index (κ2) is 10.5. The number of methoxy groups -OCH3 is 2. The van der Waals surface area contributed by atoms with Gasteiger partial charge in [0.15, 0.2) is 11.5 Å². The van der Waals surface area contributed by atoms with Crippen LogP contribution in [-0.2, 0) is 22.4 Å². The molecule has 0 bridgehead atoms. The first kappa shape index (κ1) is 22.2. The summed E-state index contributed by atoms with van der Waals surface area (Å²) in [7, 11) is 3.17. The lowest BCUT2D eigenvalue weighted by molar-refractivity contribution is -0.129. The van der Waals surface area contributed by atoms with Crippen LogP contribution in [0.3, 0.4) is 0 Å². The van der Waals surface area contributed by atoms with E-state index < -0.39 is 12.0 Å². The fraction of sp³-hybridized carbons (Fsp3) is 0.375. The lowest BCUT2D eigenvalue weighted by Gasteiger charge is -2.18. The SMILES string of the molecule is COc1ccc(CCN2C[C@@H](C(=O)N[C@@H](C#N)Cc3ccccc3)CC2=O)cc1OC. The highest BCUT2D eigenvalue weighted by atomic mass is 16.5. The first-order valence-electron chi connectivity index (χ1n) is 10.3. The van der Waals surface area contributed by atoms with E-state index in [0.29, 0.717) is 37.4 Å². The molecule has 0 unspecified atom stereocenters.